The lowest BCUT2D eigenvalue weighted by Crippen LogP contribution is -2.49. The number of benzene rings is 1. The van der Waals surface area contributed by atoms with Gasteiger partial charge in [0, 0.05) is 0 Å². The molecule has 20 heavy (non-hydrogen) atoms. The maximum Gasteiger partial charge on any atom is 0.416 e. The van der Waals surface area contributed by atoms with Gasteiger partial charge in [-0.25, -0.2) is 0 Å². The molecule has 0 bridgehead atoms. The lowest BCUT2D eigenvalue weighted by Gasteiger charge is -2.25. The van der Waals surface area contributed by atoms with Crippen LogP contribution in [0.3, 0.4) is 0 Å². The molecule has 0 aromatic heterocycles. The SMILES string of the molecule is CC(C)(CO)NC(=O)C(N)c1cccc(C(F)(F)F)c1. The van der Waals surface area contributed by atoms with E-state index < -0.39 is 29.2 Å². The molecule has 0 aliphatic heterocycles. The van der Waals surface area contributed by atoms with E-state index in [1.54, 1.807) is 13.8 Å². The number of nitrogens with one attached hydrogen (secondary N) is 1. The third kappa shape index (κ3) is 4.21. The number of alkyl halides is 3. The van der Waals surface area contributed by atoms with Gasteiger partial charge in [-0.05, 0) is 31.5 Å². The van der Waals surface area contributed by atoms with Crippen molar-refractivity contribution in [2.45, 2.75) is 31.6 Å². The lowest BCUT2D eigenvalue weighted by molar-refractivity contribution is -0.137. The van der Waals surface area contributed by atoms with Crippen molar-refractivity contribution in [1.82, 2.24) is 5.32 Å². The second kappa shape index (κ2) is 5.80. The number of carbonyl (C=O) groups excluding carboxylic acids is 1. The van der Waals surface area contributed by atoms with Gasteiger partial charge in [0.25, 0.3) is 0 Å². The van der Waals surface area contributed by atoms with Gasteiger partial charge in [-0.3, -0.25) is 4.79 Å². The van der Waals surface area contributed by atoms with Gasteiger partial charge >= 0.3 is 6.18 Å². The zero-order valence-electron chi connectivity index (χ0n) is 11.2. The van der Waals surface area contributed by atoms with Gasteiger partial charge < -0.3 is 16.2 Å². The topological polar surface area (TPSA) is 75.3 Å². The lowest BCUT2D eigenvalue weighted by atomic mass is 10.0. The first-order valence-corrected chi connectivity index (χ1v) is 5.92. The molecule has 1 amide bonds. The first-order valence-electron chi connectivity index (χ1n) is 5.92. The van der Waals surface area contributed by atoms with Crippen LogP contribution in [0.5, 0.6) is 0 Å². The fourth-order valence-electron chi connectivity index (χ4n) is 1.51. The normalized spacial score (nSPS) is 13.9. The summed E-state index contributed by atoms with van der Waals surface area (Å²) in [5.41, 5.74) is 3.96. The highest BCUT2D eigenvalue weighted by Crippen LogP contribution is 2.30. The van der Waals surface area contributed by atoms with E-state index in [4.69, 9.17) is 10.8 Å². The smallest absolute Gasteiger partial charge is 0.394 e. The van der Waals surface area contributed by atoms with Crippen molar-refractivity contribution in [3.05, 3.63) is 35.4 Å². The molecule has 1 unspecified atom stereocenters. The number of halogens is 3. The molecule has 0 heterocycles. The van der Waals surface area contributed by atoms with E-state index in [0.29, 0.717) is 0 Å². The summed E-state index contributed by atoms with van der Waals surface area (Å²) in [6.07, 6.45) is -4.49. The van der Waals surface area contributed by atoms with E-state index in [-0.39, 0.29) is 12.2 Å². The molecule has 112 valence electrons. The largest absolute Gasteiger partial charge is 0.416 e. The van der Waals surface area contributed by atoms with E-state index in [1.165, 1.54) is 12.1 Å². The molecule has 4 nitrogen and oxygen atoms in total. The summed E-state index contributed by atoms with van der Waals surface area (Å²) < 4.78 is 37.8. The quantitative estimate of drug-likeness (QED) is 0.788. The maximum atomic E-state index is 12.6. The standard InChI is InChI=1S/C13H17F3N2O2/c1-12(2,7-19)18-11(20)10(17)8-4-3-5-9(6-8)13(14,15)16/h3-6,10,19H,7,17H2,1-2H3,(H,18,20). The van der Waals surface area contributed by atoms with E-state index in [2.05, 4.69) is 5.32 Å². The predicted octanol–water partition coefficient (Wildman–Crippen LogP) is 1.59. The number of aliphatic hydroxyl groups excluding tert-OH is 1. The molecular formula is C13H17F3N2O2. The summed E-state index contributed by atoms with van der Waals surface area (Å²) in [7, 11) is 0. The third-order valence-corrected chi connectivity index (χ3v) is 2.71. The highest BCUT2D eigenvalue weighted by Gasteiger charge is 2.31. The van der Waals surface area contributed by atoms with Gasteiger partial charge in [0.05, 0.1) is 17.7 Å². The Hall–Kier alpha value is -1.60. The summed E-state index contributed by atoms with van der Waals surface area (Å²) in [5, 5.41) is 11.5. The number of rotatable bonds is 4. The fraction of sp³-hybridized carbons (Fsp3) is 0.462. The Balaban J connectivity index is 2.93. The molecule has 0 saturated carbocycles. The van der Waals surface area contributed by atoms with Crippen molar-refractivity contribution >= 4 is 5.91 Å². The number of carbonyl (C=O) groups is 1. The Morgan fingerprint density at radius 1 is 1.40 bits per heavy atom. The minimum atomic E-state index is -4.49. The average molecular weight is 290 g/mol. The van der Waals surface area contributed by atoms with Crippen LogP contribution in [0.2, 0.25) is 0 Å². The molecule has 4 N–H and O–H groups in total. The highest BCUT2D eigenvalue weighted by atomic mass is 19.4. The van der Waals surface area contributed by atoms with Gasteiger partial charge in [-0.2, -0.15) is 13.2 Å². The van der Waals surface area contributed by atoms with Crippen molar-refractivity contribution in [3.8, 4) is 0 Å². The van der Waals surface area contributed by atoms with Crippen LogP contribution in [0.4, 0.5) is 13.2 Å². The Morgan fingerprint density at radius 2 is 2.00 bits per heavy atom. The summed E-state index contributed by atoms with van der Waals surface area (Å²) >= 11 is 0. The minimum Gasteiger partial charge on any atom is -0.394 e. The van der Waals surface area contributed by atoms with Gasteiger partial charge in [0.1, 0.15) is 6.04 Å². The molecule has 1 rings (SSSR count). The first kappa shape index (κ1) is 16.5. The summed E-state index contributed by atoms with van der Waals surface area (Å²) in [6, 6.07) is 3.07. The number of aliphatic hydroxyl groups is 1. The number of hydrogen-bond donors (Lipinski definition) is 3. The average Bonchev–Trinajstić information content (AvgIpc) is 2.36. The second-order valence-corrected chi connectivity index (χ2v) is 5.13. The summed E-state index contributed by atoms with van der Waals surface area (Å²) in [5.74, 6) is -0.650. The van der Waals surface area contributed by atoms with Crippen LogP contribution in [-0.4, -0.2) is 23.2 Å². The number of amides is 1. The first-order chi connectivity index (χ1) is 9.07. The maximum absolute atomic E-state index is 12.6. The third-order valence-electron chi connectivity index (χ3n) is 2.71. The van der Waals surface area contributed by atoms with Crippen LogP contribution in [0, 0.1) is 0 Å². The molecule has 1 aromatic rings. The van der Waals surface area contributed by atoms with Crippen LogP contribution >= 0.6 is 0 Å². The Kier molecular flexibility index (Phi) is 4.77. The molecule has 0 radical (unpaired) electrons. The van der Waals surface area contributed by atoms with Crippen molar-refractivity contribution in [3.63, 3.8) is 0 Å². The highest BCUT2D eigenvalue weighted by molar-refractivity contribution is 5.83. The number of hydrogen-bond acceptors (Lipinski definition) is 3. The molecular weight excluding hydrogens is 273 g/mol. The van der Waals surface area contributed by atoms with Crippen LogP contribution in [0.15, 0.2) is 24.3 Å². The Morgan fingerprint density at radius 3 is 2.50 bits per heavy atom. The van der Waals surface area contributed by atoms with Gasteiger partial charge in [0.2, 0.25) is 5.91 Å². The van der Waals surface area contributed by atoms with E-state index in [9.17, 15) is 18.0 Å². The molecule has 0 aliphatic rings. The molecule has 1 atom stereocenters. The van der Waals surface area contributed by atoms with E-state index in [0.717, 1.165) is 12.1 Å². The van der Waals surface area contributed by atoms with Gasteiger partial charge in [-0.15, -0.1) is 0 Å². The van der Waals surface area contributed by atoms with Crippen LogP contribution < -0.4 is 11.1 Å². The Bertz CT molecular complexity index is 487. The summed E-state index contributed by atoms with van der Waals surface area (Å²) in [4.78, 5) is 11.9. The molecule has 0 saturated heterocycles. The van der Waals surface area contributed by atoms with E-state index in [1.807, 2.05) is 0 Å². The molecule has 1 aromatic carbocycles. The zero-order chi connectivity index (χ0) is 15.6. The van der Waals surface area contributed by atoms with Crippen molar-refractivity contribution in [2.75, 3.05) is 6.61 Å². The minimum absolute atomic E-state index is 0.0612. The Labute approximate surface area is 114 Å². The van der Waals surface area contributed by atoms with E-state index >= 15 is 0 Å². The monoisotopic (exact) mass is 290 g/mol. The summed E-state index contributed by atoms with van der Waals surface area (Å²) in [6.45, 7) is 2.83. The molecule has 7 heteroatoms. The molecule has 0 spiro atoms. The van der Waals surface area contributed by atoms with Gasteiger partial charge in [-0.1, -0.05) is 12.1 Å². The molecule has 0 aliphatic carbocycles. The van der Waals surface area contributed by atoms with Crippen LogP contribution in [0.25, 0.3) is 0 Å². The van der Waals surface area contributed by atoms with Crippen molar-refractivity contribution < 1.29 is 23.1 Å². The fourth-order valence-corrected chi connectivity index (χ4v) is 1.51. The van der Waals surface area contributed by atoms with Crippen LogP contribution in [0.1, 0.15) is 31.0 Å². The predicted molar refractivity (Wildman–Crippen MR) is 67.7 cm³/mol. The number of nitrogens with two attached hydrogens (primary N) is 1. The van der Waals surface area contributed by atoms with Crippen molar-refractivity contribution in [1.29, 1.82) is 0 Å². The van der Waals surface area contributed by atoms with Crippen molar-refractivity contribution in [2.24, 2.45) is 5.73 Å². The second-order valence-electron chi connectivity index (χ2n) is 5.13. The van der Waals surface area contributed by atoms with Crippen LogP contribution in [-0.2, 0) is 11.0 Å². The molecule has 0 fully saturated rings. The van der Waals surface area contributed by atoms with Gasteiger partial charge in [0.15, 0.2) is 0 Å². The zero-order valence-corrected chi connectivity index (χ0v) is 11.2.